The number of ether oxygens (including phenoxy) is 2. The number of amides is 1. The first-order valence-corrected chi connectivity index (χ1v) is 12.7. The maximum absolute atomic E-state index is 13.3. The Balaban J connectivity index is 2.04. The molecule has 1 fully saturated rings. The fraction of sp³-hybridized carbons (Fsp3) is 0.448. The summed E-state index contributed by atoms with van der Waals surface area (Å²) in [6.45, 7) is 14.6. The SMILES string of the molecule is CCN(CC)CCN1C(=O)C(=O)/C(=C(/O)c2ccc(OC(C)C)cc2)[C@H]1c1ccc(OC(C)C)cc1. The highest BCUT2D eigenvalue weighted by molar-refractivity contribution is 6.46. The maximum atomic E-state index is 13.3. The molecule has 0 aliphatic carbocycles. The van der Waals surface area contributed by atoms with Crippen LogP contribution in [0.5, 0.6) is 11.5 Å². The molecule has 1 atom stereocenters. The zero-order valence-electron chi connectivity index (χ0n) is 22.2. The number of likely N-dealkylation sites (tertiary alicyclic amines) is 1. The Hall–Kier alpha value is -3.32. The molecule has 1 saturated heterocycles. The Kier molecular flexibility index (Phi) is 9.15. The maximum Gasteiger partial charge on any atom is 0.295 e. The van der Waals surface area contributed by atoms with Gasteiger partial charge in [0.2, 0.25) is 0 Å². The van der Waals surface area contributed by atoms with E-state index in [0.717, 1.165) is 18.7 Å². The highest BCUT2D eigenvalue weighted by Gasteiger charge is 2.46. The van der Waals surface area contributed by atoms with Gasteiger partial charge in [-0.25, -0.2) is 0 Å². The van der Waals surface area contributed by atoms with Crippen molar-refractivity contribution in [3.63, 3.8) is 0 Å². The molecule has 1 amide bonds. The van der Waals surface area contributed by atoms with Crippen LogP contribution in [0.1, 0.15) is 58.7 Å². The third-order valence-corrected chi connectivity index (χ3v) is 6.16. The van der Waals surface area contributed by atoms with Crippen LogP contribution >= 0.6 is 0 Å². The van der Waals surface area contributed by atoms with Crippen LogP contribution in [0.4, 0.5) is 0 Å². The summed E-state index contributed by atoms with van der Waals surface area (Å²) in [4.78, 5) is 30.2. The number of carbonyl (C=O) groups excluding carboxylic acids is 2. The van der Waals surface area contributed by atoms with E-state index in [1.165, 1.54) is 0 Å². The van der Waals surface area contributed by atoms with Crippen molar-refractivity contribution in [1.82, 2.24) is 9.80 Å². The van der Waals surface area contributed by atoms with Gasteiger partial charge in [-0.15, -0.1) is 0 Å². The lowest BCUT2D eigenvalue weighted by Gasteiger charge is -2.28. The van der Waals surface area contributed by atoms with Crippen molar-refractivity contribution in [2.24, 2.45) is 0 Å². The monoisotopic (exact) mass is 494 g/mol. The van der Waals surface area contributed by atoms with Gasteiger partial charge in [0.25, 0.3) is 11.7 Å². The molecule has 0 saturated carbocycles. The Labute approximate surface area is 214 Å². The van der Waals surface area contributed by atoms with Gasteiger partial charge in [-0.3, -0.25) is 9.59 Å². The van der Waals surface area contributed by atoms with Crippen LogP contribution in [0.25, 0.3) is 5.76 Å². The van der Waals surface area contributed by atoms with Crippen LogP contribution in [-0.4, -0.2) is 65.0 Å². The number of hydrogen-bond donors (Lipinski definition) is 1. The van der Waals surface area contributed by atoms with E-state index in [2.05, 4.69) is 18.7 Å². The van der Waals surface area contributed by atoms with Crippen molar-refractivity contribution in [3.05, 3.63) is 65.2 Å². The van der Waals surface area contributed by atoms with Crippen molar-refractivity contribution in [1.29, 1.82) is 0 Å². The standard InChI is InChI=1S/C29H38N2O5/c1-7-30(8-2)17-18-31-26(21-9-13-23(14-10-21)35-19(3)4)25(28(33)29(31)34)27(32)22-11-15-24(16-12-22)36-20(5)6/h9-16,19-20,26,32H,7-8,17-18H2,1-6H3/b27-25+/t26-/m1/s1. The Morgan fingerprint density at radius 3 is 1.86 bits per heavy atom. The molecule has 36 heavy (non-hydrogen) atoms. The molecular weight excluding hydrogens is 456 g/mol. The quantitative estimate of drug-likeness (QED) is 0.268. The molecule has 1 heterocycles. The predicted octanol–water partition coefficient (Wildman–Crippen LogP) is 5.02. The third-order valence-electron chi connectivity index (χ3n) is 6.16. The van der Waals surface area contributed by atoms with E-state index in [9.17, 15) is 14.7 Å². The van der Waals surface area contributed by atoms with E-state index >= 15 is 0 Å². The van der Waals surface area contributed by atoms with Crippen LogP contribution in [0.2, 0.25) is 0 Å². The Morgan fingerprint density at radius 2 is 1.39 bits per heavy atom. The summed E-state index contributed by atoms with van der Waals surface area (Å²) >= 11 is 0. The molecule has 1 aliphatic heterocycles. The molecular formula is C29H38N2O5. The molecule has 0 bridgehead atoms. The molecule has 1 aliphatic rings. The fourth-order valence-corrected chi connectivity index (χ4v) is 4.37. The van der Waals surface area contributed by atoms with E-state index in [-0.39, 0.29) is 23.5 Å². The van der Waals surface area contributed by atoms with Crippen molar-refractivity contribution >= 4 is 17.4 Å². The molecule has 7 nitrogen and oxygen atoms in total. The van der Waals surface area contributed by atoms with Gasteiger partial charge in [-0.05, 0) is 82.7 Å². The van der Waals surface area contributed by atoms with Gasteiger partial charge in [0.15, 0.2) is 0 Å². The van der Waals surface area contributed by atoms with Gasteiger partial charge >= 0.3 is 0 Å². The van der Waals surface area contributed by atoms with Gasteiger partial charge in [-0.2, -0.15) is 0 Å². The summed E-state index contributed by atoms with van der Waals surface area (Å²) < 4.78 is 11.5. The molecule has 2 aromatic rings. The molecule has 0 spiro atoms. The zero-order chi connectivity index (χ0) is 26.4. The second-order valence-electron chi connectivity index (χ2n) is 9.45. The molecule has 7 heteroatoms. The highest BCUT2D eigenvalue weighted by Crippen LogP contribution is 2.40. The van der Waals surface area contributed by atoms with Crippen LogP contribution in [0.15, 0.2) is 54.1 Å². The summed E-state index contributed by atoms with van der Waals surface area (Å²) in [6.07, 6.45) is 0.0430. The molecule has 2 aromatic carbocycles. The number of aliphatic hydroxyl groups is 1. The lowest BCUT2D eigenvalue weighted by molar-refractivity contribution is -0.140. The van der Waals surface area contributed by atoms with Crippen molar-refractivity contribution in [2.45, 2.75) is 59.8 Å². The number of hydrogen-bond acceptors (Lipinski definition) is 6. The second-order valence-corrected chi connectivity index (χ2v) is 9.45. The molecule has 0 aromatic heterocycles. The average Bonchev–Trinajstić information content (AvgIpc) is 3.09. The van der Waals surface area contributed by atoms with Gasteiger partial charge in [0, 0.05) is 18.7 Å². The number of carbonyl (C=O) groups is 2. The first-order valence-electron chi connectivity index (χ1n) is 12.7. The number of nitrogens with zero attached hydrogens (tertiary/aromatic N) is 2. The summed E-state index contributed by atoms with van der Waals surface area (Å²) in [7, 11) is 0. The van der Waals surface area contributed by atoms with Gasteiger partial charge in [0.1, 0.15) is 17.3 Å². The molecule has 0 unspecified atom stereocenters. The van der Waals surface area contributed by atoms with E-state index in [1.54, 1.807) is 29.2 Å². The van der Waals surface area contributed by atoms with E-state index in [1.807, 2.05) is 52.0 Å². The predicted molar refractivity (Wildman–Crippen MR) is 141 cm³/mol. The molecule has 1 N–H and O–H groups in total. The largest absolute Gasteiger partial charge is 0.507 e. The van der Waals surface area contributed by atoms with Crippen molar-refractivity contribution in [2.75, 3.05) is 26.2 Å². The summed E-state index contributed by atoms with van der Waals surface area (Å²) in [5, 5.41) is 11.3. The lowest BCUT2D eigenvalue weighted by Crippen LogP contribution is -2.38. The average molecular weight is 495 g/mol. The normalized spacial score (nSPS) is 17.5. The van der Waals surface area contributed by atoms with Crippen molar-refractivity contribution in [3.8, 4) is 11.5 Å². The van der Waals surface area contributed by atoms with E-state index < -0.39 is 17.7 Å². The lowest BCUT2D eigenvalue weighted by atomic mass is 9.95. The third kappa shape index (κ3) is 6.26. The van der Waals surface area contributed by atoms with Crippen LogP contribution in [0.3, 0.4) is 0 Å². The van der Waals surface area contributed by atoms with Crippen LogP contribution in [-0.2, 0) is 9.59 Å². The number of rotatable bonds is 11. The number of benzene rings is 2. The zero-order valence-corrected chi connectivity index (χ0v) is 22.2. The Morgan fingerprint density at radius 1 is 0.889 bits per heavy atom. The highest BCUT2D eigenvalue weighted by atomic mass is 16.5. The smallest absolute Gasteiger partial charge is 0.295 e. The first-order chi connectivity index (χ1) is 17.2. The minimum Gasteiger partial charge on any atom is -0.507 e. The minimum atomic E-state index is -0.694. The van der Waals surface area contributed by atoms with Gasteiger partial charge < -0.3 is 24.4 Å². The number of likely N-dealkylation sites (N-methyl/N-ethyl adjacent to an activating group) is 1. The molecule has 0 radical (unpaired) electrons. The van der Waals surface area contributed by atoms with Gasteiger partial charge in [-0.1, -0.05) is 26.0 Å². The molecule has 194 valence electrons. The topological polar surface area (TPSA) is 79.3 Å². The van der Waals surface area contributed by atoms with E-state index in [0.29, 0.717) is 30.2 Å². The number of Topliss-reactive ketones (excluding diaryl/α,β-unsaturated/α-hetero) is 1. The fourth-order valence-electron chi connectivity index (χ4n) is 4.37. The molecule has 3 rings (SSSR count). The minimum absolute atomic E-state index is 0.0169. The first kappa shape index (κ1) is 27.3. The van der Waals surface area contributed by atoms with Crippen LogP contribution < -0.4 is 9.47 Å². The van der Waals surface area contributed by atoms with Crippen molar-refractivity contribution < 1.29 is 24.2 Å². The van der Waals surface area contributed by atoms with Gasteiger partial charge in [0.05, 0.1) is 23.8 Å². The summed E-state index contributed by atoms with van der Waals surface area (Å²) in [5.74, 6) is -0.103. The second kappa shape index (κ2) is 12.1. The Bertz CT molecular complexity index is 1070. The number of ketones is 1. The summed E-state index contributed by atoms with van der Waals surface area (Å²) in [5.41, 5.74) is 1.29. The number of aliphatic hydroxyl groups excluding tert-OH is 1. The van der Waals surface area contributed by atoms with E-state index in [4.69, 9.17) is 9.47 Å². The summed E-state index contributed by atoms with van der Waals surface area (Å²) in [6, 6.07) is 13.6. The van der Waals surface area contributed by atoms with Crippen LogP contribution in [0, 0.1) is 0 Å².